The molecule has 3 aromatic rings. The molecule has 3 rings (SSSR count). The first kappa shape index (κ1) is 23.3. The van der Waals surface area contributed by atoms with Crippen LogP contribution in [0.1, 0.15) is 13.3 Å². The predicted molar refractivity (Wildman–Crippen MR) is 118 cm³/mol. The number of carboxylic acids is 1. The number of benzene rings is 3. The first-order valence-electron chi connectivity index (χ1n) is 9.57. The van der Waals surface area contributed by atoms with Crippen LogP contribution in [0.25, 0.3) is 0 Å². The van der Waals surface area contributed by atoms with E-state index in [0.29, 0.717) is 19.6 Å². The normalized spacial score (nSPS) is 12.0. The Morgan fingerprint density at radius 1 is 0.828 bits per heavy atom. The minimum Gasteiger partial charge on any atom is -1.00 e. The molecule has 1 N–H and O–H groups in total. The van der Waals surface area contributed by atoms with E-state index in [-0.39, 0.29) is 17.0 Å². The molecule has 0 saturated carbocycles. The van der Waals surface area contributed by atoms with Crippen molar-refractivity contribution in [3.8, 4) is 0 Å². The molecular formula is C24H26BrO3P. The van der Waals surface area contributed by atoms with E-state index in [9.17, 15) is 9.90 Å². The average Bonchev–Trinajstić information content (AvgIpc) is 2.75. The third-order valence-corrected chi connectivity index (χ3v) is 9.73. The number of aliphatic carboxylic acids is 1. The molecule has 0 aliphatic rings. The Kier molecular flexibility index (Phi) is 9.03. The lowest BCUT2D eigenvalue weighted by molar-refractivity contribution is -0.136. The van der Waals surface area contributed by atoms with E-state index in [1.807, 2.05) is 61.5 Å². The summed E-state index contributed by atoms with van der Waals surface area (Å²) in [4.78, 5) is 12.6. The second-order valence-corrected chi connectivity index (χ2v) is 10.2. The van der Waals surface area contributed by atoms with Gasteiger partial charge in [-0.25, -0.2) is 4.79 Å². The third kappa shape index (κ3) is 4.95. The zero-order valence-electron chi connectivity index (χ0n) is 16.4. The number of halogens is 1. The molecule has 0 aliphatic heterocycles. The number of ether oxygens (including phenoxy) is 1. The van der Waals surface area contributed by atoms with Crippen molar-refractivity contribution in [2.45, 2.75) is 19.0 Å². The van der Waals surface area contributed by atoms with E-state index in [1.165, 1.54) is 0 Å². The maximum atomic E-state index is 12.6. The molecule has 1 atom stereocenters. The van der Waals surface area contributed by atoms with Crippen LogP contribution in [0.4, 0.5) is 0 Å². The summed E-state index contributed by atoms with van der Waals surface area (Å²) in [5.41, 5.74) is -0.564. The van der Waals surface area contributed by atoms with Gasteiger partial charge in [0, 0.05) is 13.0 Å². The van der Waals surface area contributed by atoms with Crippen LogP contribution in [0.15, 0.2) is 91.0 Å². The minimum absolute atomic E-state index is 0. The fourth-order valence-corrected chi connectivity index (χ4v) is 8.52. The van der Waals surface area contributed by atoms with Crippen molar-refractivity contribution >= 4 is 29.1 Å². The Labute approximate surface area is 183 Å². The van der Waals surface area contributed by atoms with Gasteiger partial charge in [0.05, 0.1) is 6.61 Å². The van der Waals surface area contributed by atoms with Crippen molar-refractivity contribution in [2.24, 2.45) is 0 Å². The second-order valence-electron chi connectivity index (χ2n) is 6.57. The van der Waals surface area contributed by atoms with Gasteiger partial charge >= 0.3 is 5.97 Å². The monoisotopic (exact) mass is 472 g/mol. The van der Waals surface area contributed by atoms with Gasteiger partial charge in [-0.15, -0.1) is 0 Å². The van der Waals surface area contributed by atoms with Gasteiger partial charge in [-0.3, -0.25) is 0 Å². The largest absolute Gasteiger partial charge is 1.00 e. The zero-order valence-corrected chi connectivity index (χ0v) is 18.9. The Morgan fingerprint density at radius 2 is 1.21 bits per heavy atom. The molecule has 3 nitrogen and oxygen atoms in total. The third-order valence-electron chi connectivity index (χ3n) is 4.98. The van der Waals surface area contributed by atoms with Gasteiger partial charge in [0.25, 0.3) is 0 Å². The van der Waals surface area contributed by atoms with E-state index in [2.05, 4.69) is 36.4 Å². The molecule has 5 heteroatoms. The van der Waals surface area contributed by atoms with Crippen molar-refractivity contribution in [3.63, 3.8) is 0 Å². The lowest BCUT2D eigenvalue weighted by atomic mass is 10.3. The van der Waals surface area contributed by atoms with Crippen LogP contribution in [0.5, 0.6) is 0 Å². The van der Waals surface area contributed by atoms with Crippen LogP contribution in [-0.4, -0.2) is 29.9 Å². The summed E-state index contributed by atoms with van der Waals surface area (Å²) in [6.07, 6.45) is 0.468. The fourth-order valence-electron chi connectivity index (χ4n) is 3.80. The Morgan fingerprint density at radius 3 is 1.52 bits per heavy atom. The van der Waals surface area contributed by atoms with Crippen molar-refractivity contribution < 1.29 is 31.6 Å². The maximum absolute atomic E-state index is 12.6. The first-order valence-corrected chi connectivity index (χ1v) is 11.4. The molecule has 1 unspecified atom stereocenters. The highest BCUT2D eigenvalue weighted by Gasteiger charge is 2.55. The SMILES string of the molecule is CCOCCC(C(=O)O)[P+](c1ccccc1)(c1ccccc1)c1ccccc1.[Br-]. The van der Waals surface area contributed by atoms with E-state index < -0.39 is 18.9 Å². The highest BCUT2D eigenvalue weighted by Crippen LogP contribution is 2.60. The molecule has 0 bridgehead atoms. The van der Waals surface area contributed by atoms with Gasteiger partial charge in [0.15, 0.2) is 5.66 Å². The lowest BCUT2D eigenvalue weighted by Gasteiger charge is -2.32. The van der Waals surface area contributed by atoms with Gasteiger partial charge in [0.2, 0.25) is 0 Å². The number of carbonyl (C=O) groups is 1. The molecule has 0 spiro atoms. The van der Waals surface area contributed by atoms with Crippen molar-refractivity contribution in [1.82, 2.24) is 0 Å². The average molecular weight is 473 g/mol. The van der Waals surface area contributed by atoms with Crippen LogP contribution >= 0.6 is 7.26 Å². The summed E-state index contributed by atoms with van der Waals surface area (Å²) in [5, 5.41) is 13.6. The fraction of sp³-hybridized carbons (Fsp3) is 0.208. The van der Waals surface area contributed by atoms with E-state index >= 15 is 0 Å². The molecular weight excluding hydrogens is 447 g/mol. The second kappa shape index (κ2) is 11.3. The molecule has 0 amide bonds. The molecule has 0 saturated heterocycles. The van der Waals surface area contributed by atoms with Crippen LogP contribution < -0.4 is 32.9 Å². The smallest absolute Gasteiger partial charge is 0.345 e. The molecule has 0 aromatic heterocycles. The molecule has 0 aliphatic carbocycles. The minimum atomic E-state index is -2.44. The highest BCUT2D eigenvalue weighted by molar-refractivity contribution is 7.96. The molecule has 29 heavy (non-hydrogen) atoms. The first-order chi connectivity index (χ1) is 13.7. The zero-order chi connectivity index (χ0) is 19.8. The topological polar surface area (TPSA) is 46.5 Å². The Balaban J connectivity index is 0.00000300. The number of hydrogen-bond donors (Lipinski definition) is 1. The molecule has 0 heterocycles. The summed E-state index contributed by atoms with van der Waals surface area (Å²) in [7, 11) is -2.44. The summed E-state index contributed by atoms with van der Waals surface area (Å²) in [6.45, 7) is 2.95. The van der Waals surface area contributed by atoms with Gasteiger partial charge in [-0.1, -0.05) is 54.6 Å². The van der Waals surface area contributed by atoms with Crippen LogP contribution in [0.3, 0.4) is 0 Å². The molecule has 3 aromatic carbocycles. The molecule has 0 fully saturated rings. The van der Waals surface area contributed by atoms with Crippen LogP contribution in [0.2, 0.25) is 0 Å². The van der Waals surface area contributed by atoms with Crippen LogP contribution in [0, 0.1) is 0 Å². The lowest BCUT2D eigenvalue weighted by Crippen LogP contribution is -3.00. The van der Waals surface area contributed by atoms with Crippen LogP contribution in [-0.2, 0) is 9.53 Å². The predicted octanol–water partition coefficient (Wildman–Crippen LogP) is 0.864. The Hall–Kier alpha value is -2.00. The van der Waals surface area contributed by atoms with Gasteiger partial charge in [-0.2, -0.15) is 0 Å². The van der Waals surface area contributed by atoms with E-state index in [1.54, 1.807) is 0 Å². The molecule has 152 valence electrons. The van der Waals surface area contributed by atoms with Gasteiger partial charge in [-0.05, 0) is 43.3 Å². The van der Waals surface area contributed by atoms with Gasteiger partial charge in [0.1, 0.15) is 23.2 Å². The molecule has 0 radical (unpaired) electrons. The number of rotatable bonds is 9. The summed E-state index contributed by atoms with van der Waals surface area (Å²) >= 11 is 0. The summed E-state index contributed by atoms with van der Waals surface area (Å²) in [5.74, 6) is -0.774. The maximum Gasteiger partial charge on any atom is 0.345 e. The van der Waals surface area contributed by atoms with Crippen molar-refractivity contribution in [1.29, 1.82) is 0 Å². The Bertz CT molecular complexity index is 776. The standard InChI is InChI=1S/C24H25O3P.BrH/c1-2-27-19-18-23(24(25)26)28(20-12-6-3-7-13-20,21-14-8-4-9-15-21)22-16-10-5-11-17-22;/h3-17,23H,2,18-19H2,1H3;1H. The van der Waals surface area contributed by atoms with Crippen molar-refractivity contribution in [2.75, 3.05) is 13.2 Å². The quantitative estimate of drug-likeness (QED) is 0.371. The highest BCUT2D eigenvalue weighted by atomic mass is 79.9. The number of carboxylic acid groups (broad SMARTS) is 1. The number of hydrogen-bond acceptors (Lipinski definition) is 2. The van der Waals surface area contributed by atoms with Crippen molar-refractivity contribution in [3.05, 3.63) is 91.0 Å². The van der Waals surface area contributed by atoms with Gasteiger partial charge < -0.3 is 26.8 Å². The van der Waals surface area contributed by atoms with E-state index in [0.717, 1.165) is 15.9 Å². The summed E-state index contributed by atoms with van der Waals surface area (Å²) in [6, 6.07) is 30.4. The summed E-state index contributed by atoms with van der Waals surface area (Å²) < 4.78 is 5.57. The van der Waals surface area contributed by atoms with E-state index in [4.69, 9.17) is 4.74 Å².